The predicted molar refractivity (Wildman–Crippen MR) is 75.7 cm³/mol. The Morgan fingerprint density at radius 3 is 1.88 bits per heavy atom. The molecule has 16 heavy (non-hydrogen) atoms. The van der Waals surface area contributed by atoms with Crippen molar-refractivity contribution in [2.24, 2.45) is 11.8 Å². The van der Waals surface area contributed by atoms with Crippen LogP contribution in [0.5, 0.6) is 0 Å². The lowest BCUT2D eigenvalue weighted by molar-refractivity contribution is 0.452. The van der Waals surface area contributed by atoms with E-state index in [2.05, 4.69) is 39.2 Å². The maximum Gasteiger partial charge on any atom is -0.0236 e. The quantitative estimate of drug-likeness (QED) is 0.308. The van der Waals surface area contributed by atoms with Crippen molar-refractivity contribution in [1.29, 1.82) is 0 Å². The lowest BCUT2D eigenvalue weighted by Crippen LogP contribution is -1.99. The second-order valence-corrected chi connectivity index (χ2v) is 4.83. The van der Waals surface area contributed by atoms with Crippen LogP contribution in [0.15, 0.2) is 25.3 Å². The predicted octanol–water partition coefficient (Wildman–Crippen LogP) is 5.75. The van der Waals surface area contributed by atoms with Crippen LogP contribution in [-0.2, 0) is 0 Å². The fourth-order valence-corrected chi connectivity index (χ4v) is 2.17. The van der Waals surface area contributed by atoms with Crippen molar-refractivity contribution in [3.05, 3.63) is 25.3 Å². The molecule has 0 saturated heterocycles. The van der Waals surface area contributed by atoms with Crippen molar-refractivity contribution in [3.8, 4) is 0 Å². The van der Waals surface area contributed by atoms with E-state index in [9.17, 15) is 0 Å². The van der Waals surface area contributed by atoms with E-state index in [1.54, 1.807) is 0 Å². The largest absolute Gasteiger partial charge is 0.103 e. The topological polar surface area (TPSA) is 0 Å². The Balaban J connectivity index is 3.61. The van der Waals surface area contributed by atoms with Crippen LogP contribution in [0.3, 0.4) is 0 Å². The van der Waals surface area contributed by atoms with Crippen LogP contribution in [0.4, 0.5) is 0 Å². The summed E-state index contributed by atoms with van der Waals surface area (Å²) in [5, 5.41) is 0. The van der Waals surface area contributed by atoms with Gasteiger partial charge in [-0.15, -0.1) is 13.2 Å². The SMILES string of the molecule is C=CC(CC)CCCC(C=C)CCCCC. The fourth-order valence-electron chi connectivity index (χ4n) is 2.17. The van der Waals surface area contributed by atoms with Crippen molar-refractivity contribution in [1.82, 2.24) is 0 Å². The minimum atomic E-state index is 0.723. The standard InChI is InChI=1S/C16H30/c1-5-9-10-12-16(8-4)14-11-13-15(6-2)7-3/h6,8,15-16H,2,4-5,7,9-14H2,1,3H3. The third kappa shape index (κ3) is 7.73. The van der Waals surface area contributed by atoms with Crippen molar-refractivity contribution in [2.45, 2.75) is 65.2 Å². The molecule has 0 aromatic carbocycles. The molecular weight excluding hydrogens is 192 g/mol. The molecule has 0 N–H and O–H groups in total. The lowest BCUT2D eigenvalue weighted by Gasteiger charge is -2.14. The van der Waals surface area contributed by atoms with Gasteiger partial charge in [0.1, 0.15) is 0 Å². The van der Waals surface area contributed by atoms with Gasteiger partial charge in [-0.05, 0) is 37.5 Å². The first-order valence-electron chi connectivity index (χ1n) is 7.03. The van der Waals surface area contributed by atoms with E-state index in [4.69, 9.17) is 0 Å². The molecule has 0 aromatic rings. The molecule has 0 heterocycles. The van der Waals surface area contributed by atoms with Gasteiger partial charge in [0.25, 0.3) is 0 Å². The molecule has 2 atom stereocenters. The highest BCUT2D eigenvalue weighted by atomic mass is 14.1. The molecule has 0 aliphatic rings. The Hall–Kier alpha value is -0.520. The summed E-state index contributed by atoms with van der Waals surface area (Å²) in [5.74, 6) is 1.47. The minimum absolute atomic E-state index is 0.723. The van der Waals surface area contributed by atoms with Gasteiger partial charge >= 0.3 is 0 Å². The van der Waals surface area contributed by atoms with Gasteiger partial charge in [-0.2, -0.15) is 0 Å². The molecule has 0 radical (unpaired) electrons. The maximum absolute atomic E-state index is 3.96. The van der Waals surface area contributed by atoms with E-state index < -0.39 is 0 Å². The van der Waals surface area contributed by atoms with E-state index in [0.29, 0.717) is 0 Å². The molecule has 0 rings (SSSR count). The van der Waals surface area contributed by atoms with Gasteiger partial charge in [-0.3, -0.25) is 0 Å². The molecule has 0 saturated carbocycles. The third-order valence-electron chi connectivity index (χ3n) is 3.52. The molecule has 0 aliphatic heterocycles. The Labute approximate surface area is 103 Å². The van der Waals surface area contributed by atoms with E-state index in [1.807, 2.05) is 0 Å². The first-order valence-corrected chi connectivity index (χ1v) is 7.03. The van der Waals surface area contributed by atoms with Crippen LogP contribution in [-0.4, -0.2) is 0 Å². The van der Waals surface area contributed by atoms with Gasteiger partial charge in [0.2, 0.25) is 0 Å². The van der Waals surface area contributed by atoms with Crippen molar-refractivity contribution in [2.75, 3.05) is 0 Å². The van der Waals surface area contributed by atoms with Crippen LogP contribution in [0.2, 0.25) is 0 Å². The molecule has 0 aromatic heterocycles. The summed E-state index contributed by atoms with van der Waals surface area (Å²) in [7, 11) is 0. The van der Waals surface area contributed by atoms with Gasteiger partial charge in [0.05, 0.1) is 0 Å². The first kappa shape index (κ1) is 15.5. The number of hydrogen-bond acceptors (Lipinski definition) is 0. The number of unbranched alkanes of at least 4 members (excludes halogenated alkanes) is 2. The Bertz CT molecular complexity index is 169. The van der Waals surface area contributed by atoms with Gasteiger partial charge < -0.3 is 0 Å². The van der Waals surface area contributed by atoms with Crippen molar-refractivity contribution >= 4 is 0 Å². The summed E-state index contributed by atoms with van der Waals surface area (Å²) in [4.78, 5) is 0. The summed E-state index contributed by atoms with van der Waals surface area (Å²) >= 11 is 0. The first-order chi connectivity index (χ1) is 7.78. The Morgan fingerprint density at radius 1 is 0.812 bits per heavy atom. The molecule has 0 fully saturated rings. The monoisotopic (exact) mass is 222 g/mol. The van der Waals surface area contributed by atoms with Gasteiger partial charge in [0.15, 0.2) is 0 Å². The molecule has 0 spiro atoms. The zero-order valence-corrected chi connectivity index (χ0v) is 11.4. The second kappa shape index (κ2) is 11.0. The molecule has 0 bridgehead atoms. The maximum atomic E-state index is 3.96. The zero-order chi connectivity index (χ0) is 12.2. The van der Waals surface area contributed by atoms with E-state index in [-0.39, 0.29) is 0 Å². The summed E-state index contributed by atoms with van der Waals surface area (Å²) in [6.45, 7) is 12.4. The van der Waals surface area contributed by atoms with Crippen LogP contribution in [0.1, 0.15) is 65.2 Å². The highest BCUT2D eigenvalue weighted by molar-refractivity contribution is 4.81. The Kier molecular flexibility index (Phi) is 10.6. The molecule has 0 amide bonds. The average molecular weight is 222 g/mol. The number of allylic oxidation sites excluding steroid dienone is 2. The second-order valence-electron chi connectivity index (χ2n) is 4.83. The summed E-state index contributed by atoms with van der Waals surface area (Å²) in [6, 6.07) is 0. The normalized spacial score (nSPS) is 14.4. The minimum Gasteiger partial charge on any atom is -0.103 e. The van der Waals surface area contributed by atoms with Crippen LogP contribution in [0.25, 0.3) is 0 Å². The molecule has 0 aliphatic carbocycles. The Morgan fingerprint density at radius 2 is 1.38 bits per heavy atom. The fraction of sp³-hybridized carbons (Fsp3) is 0.750. The zero-order valence-electron chi connectivity index (χ0n) is 11.4. The summed E-state index contributed by atoms with van der Waals surface area (Å²) in [6.07, 6.45) is 14.8. The van der Waals surface area contributed by atoms with Gasteiger partial charge in [0, 0.05) is 0 Å². The van der Waals surface area contributed by atoms with Crippen molar-refractivity contribution < 1.29 is 0 Å². The van der Waals surface area contributed by atoms with Crippen LogP contribution < -0.4 is 0 Å². The van der Waals surface area contributed by atoms with E-state index >= 15 is 0 Å². The number of rotatable bonds is 11. The summed E-state index contributed by atoms with van der Waals surface area (Å²) in [5.41, 5.74) is 0. The molecular formula is C16H30. The molecule has 94 valence electrons. The van der Waals surface area contributed by atoms with E-state index in [0.717, 1.165) is 11.8 Å². The summed E-state index contributed by atoms with van der Waals surface area (Å²) < 4.78 is 0. The van der Waals surface area contributed by atoms with Crippen LogP contribution >= 0.6 is 0 Å². The van der Waals surface area contributed by atoms with E-state index in [1.165, 1.54) is 51.4 Å². The van der Waals surface area contributed by atoms with Gasteiger partial charge in [-0.1, -0.05) is 51.7 Å². The van der Waals surface area contributed by atoms with Crippen molar-refractivity contribution in [3.63, 3.8) is 0 Å². The molecule has 0 nitrogen and oxygen atoms in total. The smallest absolute Gasteiger partial charge is 0.0236 e. The van der Waals surface area contributed by atoms with Gasteiger partial charge in [-0.25, -0.2) is 0 Å². The third-order valence-corrected chi connectivity index (χ3v) is 3.52. The molecule has 0 heteroatoms. The highest BCUT2D eigenvalue weighted by Gasteiger charge is 2.06. The lowest BCUT2D eigenvalue weighted by atomic mass is 9.92. The molecule has 2 unspecified atom stereocenters. The van der Waals surface area contributed by atoms with Crippen LogP contribution in [0, 0.1) is 11.8 Å². The number of hydrogen-bond donors (Lipinski definition) is 0. The average Bonchev–Trinajstić information content (AvgIpc) is 2.32. The highest BCUT2D eigenvalue weighted by Crippen LogP contribution is 2.21.